The van der Waals surface area contributed by atoms with Gasteiger partial charge < -0.3 is 5.32 Å². The number of thiazole rings is 1. The maximum absolute atomic E-state index is 12.3. The highest BCUT2D eigenvalue weighted by Crippen LogP contribution is 2.32. The molecule has 0 saturated heterocycles. The zero-order valence-corrected chi connectivity index (χ0v) is 12.9. The average molecular weight is 327 g/mol. The Balaban J connectivity index is 1.73. The lowest BCUT2D eigenvalue weighted by Crippen LogP contribution is -2.27. The minimum atomic E-state index is -0.0296. The number of fused-ring (bicyclic) bond motifs is 1. The van der Waals surface area contributed by atoms with E-state index in [4.69, 9.17) is 23.2 Å². The molecule has 1 N–H and O–H groups in total. The molecular weight excluding hydrogens is 315 g/mol. The molecule has 1 aliphatic rings. The van der Waals surface area contributed by atoms with Crippen LogP contribution < -0.4 is 5.32 Å². The highest BCUT2D eigenvalue weighted by Gasteiger charge is 2.26. The molecule has 1 aliphatic carbocycles. The van der Waals surface area contributed by atoms with Gasteiger partial charge in [0.25, 0.3) is 0 Å². The largest absolute Gasteiger partial charge is 0.324 e. The van der Waals surface area contributed by atoms with E-state index in [0.717, 1.165) is 25.0 Å². The Kier molecular flexibility index (Phi) is 3.96. The van der Waals surface area contributed by atoms with Crippen LogP contribution in [0.5, 0.6) is 0 Å². The van der Waals surface area contributed by atoms with Gasteiger partial charge in [-0.25, -0.2) is 4.98 Å². The molecule has 0 saturated carbocycles. The third-order valence-corrected chi connectivity index (χ3v) is 5.18. The summed E-state index contributed by atoms with van der Waals surface area (Å²) in [6.07, 6.45) is 2.44. The Bertz CT molecular complexity index is 656. The normalized spacial score (nSPS) is 17.6. The predicted octanol–water partition coefficient (Wildman–Crippen LogP) is 4.19. The number of carbonyl (C=O) groups is 1. The Labute approximate surface area is 130 Å². The van der Waals surface area contributed by atoms with Crippen molar-refractivity contribution in [1.29, 1.82) is 0 Å². The second-order valence-electron chi connectivity index (χ2n) is 4.75. The highest BCUT2D eigenvalue weighted by molar-refractivity contribution is 7.09. The summed E-state index contributed by atoms with van der Waals surface area (Å²) >= 11 is 13.7. The Hall–Kier alpha value is -1.10. The monoisotopic (exact) mass is 326 g/mol. The molecule has 3 nitrogen and oxygen atoms in total. The van der Waals surface area contributed by atoms with E-state index >= 15 is 0 Å². The van der Waals surface area contributed by atoms with Gasteiger partial charge in [0.1, 0.15) is 0 Å². The van der Waals surface area contributed by atoms with Crippen molar-refractivity contribution in [2.75, 3.05) is 5.32 Å². The summed E-state index contributed by atoms with van der Waals surface area (Å²) in [6, 6.07) is 5.23. The number of nitrogens with one attached hydrogen (secondary N) is 1. The van der Waals surface area contributed by atoms with Crippen LogP contribution in [0.15, 0.2) is 23.7 Å². The van der Waals surface area contributed by atoms with Crippen LogP contribution in [0.4, 0.5) is 5.69 Å². The minimum absolute atomic E-state index is 0.00628. The smallest absolute Gasteiger partial charge is 0.227 e. The molecule has 0 aliphatic heterocycles. The Morgan fingerprint density at radius 2 is 2.25 bits per heavy atom. The maximum atomic E-state index is 12.3. The first-order valence-corrected chi connectivity index (χ1v) is 7.95. The molecule has 0 bridgehead atoms. The standard InChI is InChI=1S/C14H12Cl2N2OS/c15-9-2-1-3-11(13(9)16)18-14(19)8-4-5-10-12(6-8)20-7-17-10/h1-3,7-8H,4-6H2,(H,18,19). The fourth-order valence-corrected chi connectivity index (χ4v) is 3.60. The SMILES string of the molecule is O=C(Nc1cccc(Cl)c1Cl)C1CCc2ncsc2C1. The summed E-state index contributed by atoms with van der Waals surface area (Å²) < 4.78 is 0. The molecular formula is C14H12Cl2N2OS. The molecule has 1 unspecified atom stereocenters. The first-order valence-electron chi connectivity index (χ1n) is 6.31. The van der Waals surface area contributed by atoms with E-state index in [1.54, 1.807) is 29.5 Å². The van der Waals surface area contributed by atoms with Gasteiger partial charge in [0.05, 0.1) is 26.9 Å². The van der Waals surface area contributed by atoms with E-state index in [9.17, 15) is 4.79 Å². The third-order valence-electron chi connectivity index (χ3n) is 3.47. The fraction of sp³-hybridized carbons (Fsp3) is 0.286. The number of hydrogen-bond donors (Lipinski definition) is 1. The van der Waals surface area contributed by atoms with Gasteiger partial charge in [-0.05, 0) is 31.4 Å². The fourth-order valence-electron chi connectivity index (χ4n) is 2.36. The number of nitrogens with zero attached hydrogens (tertiary/aromatic N) is 1. The van der Waals surface area contributed by atoms with Crippen LogP contribution >= 0.6 is 34.5 Å². The summed E-state index contributed by atoms with van der Waals surface area (Å²) in [6.45, 7) is 0. The molecule has 1 heterocycles. The van der Waals surface area contributed by atoms with Gasteiger partial charge in [0.15, 0.2) is 0 Å². The van der Waals surface area contributed by atoms with Crippen LogP contribution in [0.1, 0.15) is 17.0 Å². The number of carbonyl (C=O) groups excluding carboxylic acids is 1. The molecule has 0 fully saturated rings. The number of aromatic nitrogens is 1. The Morgan fingerprint density at radius 1 is 1.40 bits per heavy atom. The average Bonchev–Trinajstić information content (AvgIpc) is 2.91. The molecule has 3 rings (SSSR count). The Morgan fingerprint density at radius 3 is 3.10 bits per heavy atom. The first-order chi connectivity index (χ1) is 9.65. The lowest BCUT2D eigenvalue weighted by molar-refractivity contribution is -0.120. The zero-order valence-electron chi connectivity index (χ0n) is 10.5. The lowest BCUT2D eigenvalue weighted by Gasteiger charge is -2.21. The van der Waals surface area contributed by atoms with Crippen molar-refractivity contribution in [3.05, 3.63) is 44.3 Å². The molecule has 2 aromatic rings. The summed E-state index contributed by atoms with van der Waals surface area (Å²) in [7, 11) is 0. The minimum Gasteiger partial charge on any atom is -0.324 e. The van der Waals surface area contributed by atoms with E-state index < -0.39 is 0 Å². The number of rotatable bonds is 2. The van der Waals surface area contributed by atoms with Crippen LogP contribution in [0.3, 0.4) is 0 Å². The topological polar surface area (TPSA) is 42.0 Å². The summed E-state index contributed by atoms with van der Waals surface area (Å²) in [5.74, 6) is -0.0359. The molecule has 104 valence electrons. The summed E-state index contributed by atoms with van der Waals surface area (Å²) in [4.78, 5) is 17.9. The number of halogens is 2. The maximum Gasteiger partial charge on any atom is 0.227 e. The number of anilines is 1. The van der Waals surface area contributed by atoms with E-state index in [1.807, 2.05) is 5.51 Å². The third kappa shape index (κ3) is 2.68. The van der Waals surface area contributed by atoms with Crippen molar-refractivity contribution in [1.82, 2.24) is 4.98 Å². The van der Waals surface area contributed by atoms with Crippen LogP contribution in [-0.4, -0.2) is 10.9 Å². The van der Waals surface area contributed by atoms with Gasteiger partial charge in [-0.15, -0.1) is 11.3 Å². The number of hydrogen-bond acceptors (Lipinski definition) is 3. The van der Waals surface area contributed by atoms with E-state index in [-0.39, 0.29) is 11.8 Å². The summed E-state index contributed by atoms with van der Waals surface area (Å²) in [5.41, 5.74) is 3.55. The highest BCUT2D eigenvalue weighted by atomic mass is 35.5. The number of amides is 1. The quantitative estimate of drug-likeness (QED) is 0.898. The van der Waals surface area contributed by atoms with Gasteiger partial charge in [-0.3, -0.25) is 4.79 Å². The molecule has 0 radical (unpaired) electrons. The van der Waals surface area contributed by atoms with Gasteiger partial charge in [-0.1, -0.05) is 29.3 Å². The van der Waals surface area contributed by atoms with Crippen molar-refractivity contribution >= 4 is 46.1 Å². The first kappa shape index (κ1) is 13.9. The van der Waals surface area contributed by atoms with E-state index in [0.29, 0.717) is 15.7 Å². The molecule has 20 heavy (non-hydrogen) atoms. The van der Waals surface area contributed by atoms with Crippen molar-refractivity contribution in [3.8, 4) is 0 Å². The number of aryl methyl sites for hydroxylation is 1. The van der Waals surface area contributed by atoms with Crippen molar-refractivity contribution in [2.24, 2.45) is 5.92 Å². The zero-order chi connectivity index (χ0) is 14.1. The molecule has 6 heteroatoms. The van der Waals surface area contributed by atoms with Crippen LogP contribution in [0.2, 0.25) is 10.0 Å². The second-order valence-corrected chi connectivity index (χ2v) is 6.48. The second kappa shape index (κ2) is 5.72. The van der Waals surface area contributed by atoms with Gasteiger partial charge in [-0.2, -0.15) is 0 Å². The van der Waals surface area contributed by atoms with Gasteiger partial charge in [0.2, 0.25) is 5.91 Å². The number of benzene rings is 1. The van der Waals surface area contributed by atoms with Crippen LogP contribution in [0.25, 0.3) is 0 Å². The van der Waals surface area contributed by atoms with Crippen LogP contribution in [0, 0.1) is 5.92 Å². The molecule has 1 amide bonds. The van der Waals surface area contributed by atoms with Crippen molar-refractivity contribution in [3.63, 3.8) is 0 Å². The van der Waals surface area contributed by atoms with Crippen molar-refractivity contribution in [2.45, 2.75) is 19.3 Å². The lowest BCUT2D eigenvalue weighted by atomic mass is 9.90. The predicted molar refractivity (Wildman–Crippen MR) is 82.7 cm³/mol. The molecule has 1 aromatic carbocycles. The summed E-state index contributed by atoms with van der Waals surface area (Å²) in [5, 5.41) is 3.70. The molecule has 0 spiro atoms. The van der Waals surface area contributed by atoms with E-state index in [1.165, 1.54) is 4.88 Å². The van der Waals surface area contributed by atoms with E-state index in [2.05, 4.69) is 10.3 Å². The van der Waals surface area contributed by atoms with Gasteiger partial charge in [0, 0.05) is 10.8 Å². The molecule has 1 atom stereocenters. The van der Waals surface area contributed by atoms with Crippen LogP contribution in [-0.2, 0) is 17.6 Å². The van der Waals surface area contributed by atoms with Crippen molar-refractivity contribution < 1.29 is 4.79 Å². The van der Waals surface area contributed by atoms with Gasteiger partial charge >= 0.3 is 0 Å². The molecule has 1 aromatic heterocycles.